The smallest absolute Gasteiger partial charge is 0.174 e. The number of nitrogens with zero attached hydrogens (tertiary/aromatic N) is 1. The van der Waals surface area contributed by atoms with Crippen molar-refractivity contribution in [3.8, 4) is 17.6 Å². The molecule has 0 N–H and O–H groups in total. The number of hydrogen-bond acceptors (Lipinski definition) is 4. The van der Waals surface area contributed by atoms with Gasteiger partial charge < -0.3 is 9.47 Å². The summed E-state index contributed by atoms with van der Waals surface area (Å²) < 4.78 is 10.8. The molecular weight excluding hydrogens is 230 g/mol. The Morgan fingerprint density at radius 3 is 2.78 bits per heavy atom. The molecule has 0 fully saturated rings. The molecule has 0 aliphatic rings. The second-order valence-corrected chi connectivity index (χ2v) is 3.50. The summed E-state index contributed by atoms with van der Waals surface area (Å²) in [7, 11) is 0. The Morgan fingerprint density at radius 1 is 1.44 bits per heavy atom. The highest BCUT2D eigenvalue weighted by molar-refractivity contribution is 5.77. The molecule has 0 saturated carbocycles. The lowest BCUT2D eigenvalue weighted by Gasteiger charge is -2.14. The van der Waals surface area contributed by atoms with Crippen molar-refractivity contribution in [2.24, 2.45) is 0 Å². The summed E-state index contributed by atoms with van der Waals surface area (Å²) in [6.07, 6.45) is 3.00. The number of carbonyl (C=O) groups excluding carboxylic acids is 1. The van der Waals surface area contributed by atoms with Gasteiger partial charge in [0, 0.05) is 11.1 Å². The molecule has 0 heterocycles. The summed E-state index contributed by atoms with van der Waals surface area (Å²) in [6, 6.07) is 5.23. The van der Waals surface area contributed by atoms with Crippen molar-refractivity contribution in [3.05, 3.63) is 35.9 Å². The molecule has 0 unspecified atom stereocenters. The van der Waals surface area contributed by atoms with E-state index >= 15 is 0 Å². The van der Waals surface area contributed by atoms with Gasteiger partial charge >= 0.3 is 0 Å². The average Bonchev–Trinajstić information content (AvgIpc) is 2.38. The molecule has 0 aliphatic carbocycles. The molecule has 4 heteroatoms. The van der Waals surface area contributed by atoms with Crippen molar-refractivity contribution in [1.29, 1.82) is 5.26 Å². The Bertz CT molecular complexity index is 475. The van der Waals surface area contributed by atoms with Gasteiger partial charge in [-0.15, -0.1) is 6.58 Å². The van der Waals surface area contributed by atoms with Crippen molar-refractivity contribution < 1.29 is 14.3 Å². The summed E-state index contributed by atoms with van der Waals surface area (Å²) in [4.78, 5) is 10.9. The van der Waals surface area contributed by atoms with Crippen molar-refractivity contribution in [3.63, 3.8) is 0 Å². The van der Waals surface area contributed by atoms with Crippen LogP contribution >= 0.6 is 0 Å². The second-order valence-electron chi connectivity index (χ2n) is 3.50. The molecule has 0 radical (unpaired) electrons. The van der Waals surface area contributed by atoms with Crippen LogP contribution in [0.3, 0.4) is 0 Å². The molecule has 4 nitrogen and oxygen atoms in total. The first-order valence-corrected chi connectivity index (χ1v) is 5.62. The first kappa shape index (κ1) is 13.8. The van der Waals surface area contributed by atoms with E-state index in [9.17, 15) is 4.79 Å². The topological polar surface area (TPSA) is 59.3 Å². The molecule has 94 valence electrons. The number of carbonyl (C=O) groups is 1. The number of ether oxygens (including phenoxy) is 2. The van der Waals surface area contributed by atoms with Gasteiger partial charge in [-0.2, -0.15) is 5.26 Å². The molecule has 18 heavy (non-hydrogen) atoms. The van der Waals surface area contributed by atoms with Crippen molar-refractivity contribution >= 4 is 6.29 Å². The van der Waals surface area contributed by atoms with E-state index in [1.165, 1.54) is 0 Å². The lowest BCUT2D eigenvalue weighted by Crippen LogP contribution is -2.03. The third kappa shape index (κ3) is 3.36. The Balaban J connectivity index is 3.24. The molecule has 0 bridgehead atoms. The summed E-state index contributed by atoms with van der Waals surface area (Å²) in [5.74, 6) is 0.984. The minimum Gasteiger partial charge on any atom is -0.490 e. The van der Waals surface area contributed by atoms with Gasteiger partial charge in [-0.1, -0.05) is 6.08 Å². The fourth-order valence-electron chi connectivity index (χ4n) is 1.59. The molecule has 1 rings (SSSR count). The Labute approximate surface area is 106 Å². The van der Waals surface area contributed by atoms with Gasteiger partial charge in [-0.25, -0.2) is 0 Å². The van der Waals surface area contributed by atoms with E-state index in [0.717, 1.165) is 11.8 Å². The maximum Gasteiger partial charge on any atom is 0.174 e. The minimum absolute atomic E-state index is 0.0648. The Morgan fingerprint density at radius 2 is 2.22 bits per heavy atom. The van der Waals surface area contributed by atoms with Gasteiger partial charge in [0.05, 0.1) is 6.61 Å². The minimum atomic E-state index is -0.0648. The zero-order chi connectivity index (χ0) is 13.4. The maximum atomic E-state index is 10.9. The van der Waals surface area contributed by atoms with Crippen LogP contribution in [0.2, 0.25) is 0 Å². The molecule has 0 aromatic heterocycles. The third-order valence-electron chi connectivity index (χ3n) is 2.24. The van der Waals surface area contributed by atoms with Gasteiger partial charge in [-0.3, -0.25) is 4.79 Å². The fourth-order valence-corrected chi connectivity index (χ4v) is 1.59. The van der Waals surface area contributed by atoms with E-state index in [4.69, 9.17) is 14.7 Å². The van der Waals surface area contributed by atoms with Crippen LogP contribution in [0.4, 0.5) is 0 Å². The van der Waals surface area contributed by atoms with Crippen LogP contribution in [0, 0.1) is 11.3 Å². The highest BCUT2D eigenvalue weighted by Crippen LogP contribution is 2.33. The molecule has 0 saturated heterocycles. The van der Waals surface area contributed by atoms with Crippen molar-refractivity contribution in [1.82, 2.24) is 0 Å². The zero-order valence-corrected chi connectivity index (χ0v) is 10.3. The summed E-state index contributed by atoms with van der Waals surface area (Å²) in [6.45, 7) is 5.89. The van der Waals surface area contributed by atoms with Crippen LogP contribution in [0.25, 0.3) is 0 Å². The monoisotopic (exact) mass is 245 g/mol. The number of nitriles is 1. The number of allylic oxidation sites excluding steroid dienone is 1. The predicted octanol–water partition coefficient (Wildman–Crippen LogP) is 2.53. The van der Waals surface area contributed by atoms with E-state index in [0.29, 0.717) is 30.1 Å². The number of rotatable bonds is 7. The third-order valence-corrected chi connectivity index (χ3v) is 2.24. The highest BCUT2D eigenvalue weighted by atomic mass is 16.5. The van der Waals surface area contributed by atoms with Gasteiger partial charge in [-0.05, 0) is 25.5 Å². The SMILES string of the molecule is C=CCc1cc(C=O)cc(OCC)c1OCC#N. The van der Waals surface area contributed by atoms with Crippen LogP contribution in [0.1, 0.15) is 22.8 Å². The molecule has 0 atom stereocenters. The van der Waals surface area contributed by atoms with Gasteiger partial charge in [0.15, 0.2) is 18.1 Å². The molecule has 1 aromatic carbocycles. The van der Waals surface area contributed by atoms with E-state index in [1.807, 2.05) is 13.0 Å². The standard InChI is InChI=1S/C14H15NO3/c1-3-5-12-8-11(10-16)9-13(17-4-2)14(12)18-7-6-15/h3,8-10H,1,4-5,7H2,2H3. The zero-order valence-electron chi connectivity index (χ0n) is 10.3. The molecule has 0 amide bonds. The van der Waals surface area contributed by atoms with E-state index < -0.39 is 0 Å². The summed E-state index contributed by atoms with van der Waals surface area (Å²) >= 11 is 0. The van der Waals surface area contributed by atoms with Crippen LogP contribution in [-0.2, 0) is 6.42 Å². The lowest BCUT2D eigenvalue weighted by atomic mass is 10.1. The number of hydrogen-bond donors (Lipinski definition) is 0. The molecule has 0 spiro atoms. The predicted molar refractivity (Wildman–Crippen MR) is 68.0 cm³/mol. The summed E-state index contributed by atoms with van der Waals surface area (Å²) in [5.41, 5.74) is 1.30. The first-order chi connectivity index (χ1) is 8.76. The maximum absolute atomic E-state index is 10.9. The fraction of sp³-hybridized carbons (Fsp3) is 0.286. The number of benzene rings is 1. The largest absolute Gasteiger partial charge is 0.490 e. The van der Waals surface area contributed by atoms with Crippen molar-refractivity contribution in [2.45, 2.75) is 13.3 Å². The highest BCUT2D eigenvalue weighted by Gasteiger charge is 2.12. The van der Waals surface area contributed by atoms with Crippen LogP contribution in [0.5, 0.6) is 11.5 Å². The summed E-state index contributed by atoms with van der Waals surface area (Å²) in [5, 5.41) is 8.58. The van der Waals surface area contributed by atoms with Gasteiger partial charge in [0.1, 0.15) is 12.4 Å². The van der Waals surface area contributed by atoms with Gasteiger partial charge in [0.2, 0.25) is 0 Å². The first-order valence-electron chi connectivity index (χ1n) is 5.62. The van der Waals surface area contributed by atoms with Crippen molar-refractivity contribution in [2.75, 3.05) is 13.2 Å². The molecule has 1 aromatic rings. The quantitative estimate of drug-likeness (QED) is 0.547. The van der Waals surface area contributed by atoms with Crippen LogP contribution < -0.4 is 9.47 Å². The molecule has 0 aliphatic heterocycles. The average molecular weight is 245 g/mol. The van der Waals surface area contributed by atoms with E-state index in [-0.39, 0.29) is 6.61 Å². The molecular formula is C14H15NO3. The normalized spacial score (nSPS) is 9.33. The Hall–Kier alpha value is -2.28. The van der Waals surface area contributed by atoms with E-state index in [2.05, 4.69) is 6.58 Å². The lowest BCUT2D eigenvalue weighted by molar-refractivity contribution is 0.112. The Kier molecular flexibility index (Phi) is 5.46. The number of aldehydes is 1. The van der Waals surface area contributed by atoms with E-state index in [1.54, 1.807) is 18.2 Å². The van der Waals surface area contributed by atoms with Crippen LogP contribution in [0.15, 0.2) is 24.8 Å². The van der Waals surface area contributed by atoms with Gasteiger partial charge in [0.25, 0.3) is 0 Å². The second kappa shape index (κ2) is 7.13. The van der Waals surface area contributed by atoms with Crippen LogP contribution in [-0.4, -0.2) is 19.5 Å².